The van der Waals surface area contributed by atoms with Crippen LogP contribution in [0.4, 0.5) is 5.69 Å². The molecular weight excluding hydrogens is 470 g/mol. The van der Waals surface area contributed by atoms with Crippen molar-refractivity contribution in [3.05, 3.63) is 87.9 Å². The highest BCUT2D eigenvalue weighted by Crippen LogP contribution is 2.19. The van der Waals surface area contributed by atoms with E-state index >= 15 is 0 Å². The van der Waals surface area contributed by atoms with Crippen LogP contribution in [0, 0.1) is 0 Å². The number of amides is 1. The minimum Gasteiger partial charge on any atom is -0.486 e. The molecule has 0 saturated carbocycles. The van der Waals surface area contributed by atoms with Crippen LogP contribution in [0.1, 0.15) is 16.3 Å². The third kappa shape index (κ3) is 7.76. The minimum atomic E-state index is -3.43. The molecule has 0 aliphatic rings. The van der Waals surface area contributed by atoms with Crippen LogP contribution >= 0.6 is 22.9 Å². The van der Waals surface area contributed by atoms with Crippen molar-refractivity contribution in [3.8, 4) is 5.75 Å². The van der Waals surface area contributed by atoms with E-state index in [1.54, 1.807) is 48.5 Å². The number of hydrogen-bond acceptors (Lipinski definition) is 6. The number of ether oxygens (including phenoxy) is 1. The van der Waals surface area contributed by atoms with E-state index in [1.807, 2.05) is 5.38 Å². The van der Waals surface area contributed by atoms with E-state index in [4.69, 9.17) is 16.3 Å². The average Bonchev–Trinajstić information content (AvgIpc) is 3.20. The maximum absolute atomic E-state index is 12.3. The molecule has 0 bridgehead atoms. The zero-order chi connectivity index (χ0) is 23.0. The Hall–Kier alpha value is -2.72. The van der Waals surface area contributed by atoms with Gasteiger partial charge in [0.25, 0.3) is 0 Å². The maximum atomic E-state index is 12.3. The number of halogens is 1. The van der Waals surface area contributed by atoms with Gasteiger partial charge in [-0.05, 0) is 42.0 Å². The van der Waals surface area contributed by atoms with E-state index in [1.165, 1.54) is 17.4 Å². The summed E-state index contributed by atoms with van der Waals surface area (Å²) in [6.07, 6.45) is 1.60. The number of hydrogen-bond donors (Lipinski definition) is 2. The zero-order valence-corrected chi connectivity index (χ0v) is 19.5. The molecule has 2 aromatic carbocycles. The Balaban J connectivity index is 1.48. The van der Waals surface area contributed by atoms with Gasteiger partial charge < -0.3 is 10.1 Å². The number of nitrogens with zero attached hydrogens (tertiary/aromatic N) is 1. The highest BCUT2D eigenvalue weighted by atomic mass is 35.5. The zero-order valence-electron chi connectivity index (χ0n) is 17.1. The lowest BCUT2D eigenvalue weighted by Crippen LogP contribution is -2.25. The number of nitrogens with one attached hydrogen (secondary N) is 2. The summed E-state index contributed by atoms with van der Waals surface area (Å²) in [6.45, 7) is 3.97. The van der Waals surface area contributed by atoms with E-state index in [0.717, 1.165) is 5.01 Å². The fourth-order valence-electron chi connectivity index (χ4n) is 2.68. The molecule has 2 N–H and O–H groups in total. The lowest BCUT2D eigenvalue weighted by atomic mass is 10.2. The lowest BCUT2D eigenvalue weighted by Gasteiger charge is -2.07. The van der Waals surface area contributed by atoms with Gasteiger partial charge in [-0.2, -0.15) is 0 Å². The molecule has 0 aliphatic carbocycles. The SMILES string of the molecule is C=CCNS(=O)(=O)Cc1ccc(NC(=O)Cc2csc(COc3ccc(Cl)cc3)n2)cc1. The number of thiazole rings is 1. The van der Waals surface area contributed by atoms with Crippen LogP contribution in [-0.4, -0.2) is 25.9 Å². The van der Waals surface area contributed by atoms with Gasteiger partial charge in [-0.3, -0.25) is 4.79 Å². The van der Waals surface area contributed by atoms with Crippen molar-refractivity contribution in [2.75, 3.05) is 11.9 Å². The largest absolute Gasteiger partial charge is 0.486 e. The van der Waals surface area contributed by atoms with Gasteiger partial charge in [-0.1, -0.05) is 29.8 Å². The molecule has 1 heterocycles. The Bertz CT molecular complexity index is 1160. The molecule has 0 unspecified atom stereocenters. The second-order valence-electron chi connectivity index (χ2n) is 6.79. The fraction of sp³-hybridized carbons (Fsp3) is 0.182. The molecule has 0 aliphatic heterocycles. The van der Waals surface area contributed by atoms with Crippen LogP contribution in [-0.2, 0) is 33.6 Å². The van der Waals surface area contributed by atoms with Crippen molar-refractivity contribution < 1.29 is 17.9 Å². The fourth-order valence-corrected chi connectivity index (χ4v) is 4.62. The first-order chi connectivity index (χ1) is 15.3. The number of carbonyl (C=O) groups excluding carboxylic acids is 1. The van der Waals surface area contributed by atoms with Gasteiger partial charge in [0.05, 0.1) is 17.9 Å². The Morgan fingerprint density at radius 1 is 1.16 bits per heavy atom. The van der Waals surface area contributed by atoms with Crippen LogP contribution in [0.15, 0.2) is 66.6 Å². The van der Waals surface area contributed by atoms with Gasteiger partial charge >= 0.3 is 0 Å². The van der Waals surface area contributed by atoms with Gasteiger partial charge in [0, 0.05) is 22.6 Å². The predicted octanol–water partition coefficient (Wildman–Crippen LogP) is 4.16. The van der Waals surface area contributed by atoms with Crippen LogP contribution in [0.5, 0.6) is 5.75 Å². The van der Waals surface area contributed by atoms with Crippen molar-refractivity contribution in [2.45, 2.75) is 18.8 Å². The van der Waals surface area contributed by atoms with Crippen LogP contribution in [0.25, 0.3) is 0 Å². The first-order valence-electron chi connectivity index (χ1n) is 9.61. The highest BCUT2D eigenvalue weighted by Gasteiger charge is 2.12. The van der Waals surface area contributed by atoms with Gasteiger partial charge in [0.15, 0.2) is 0 Å². The molecule has 3 aromatic rings. The first-order valence-corrected chi connectivity index (χ1v) is 12.5. The summed E-state index contributed by atoms with van der Waals surface area (Å²) in [6, 6.07) is 13.7. The second-order valence-corrected chi connectivity index (χ2v) is 9.98. The monoisotopic (exact) mass is 491 g/mol. The van der Waals surface area contributed by atoms with Crippen molar-refractivity contribution >= 4 is 44.6 Å². The van der Waals surface area contributed by atoms with E-state index in [9.17, 15) is 13.2 Å². The van der Waals surface area contributed by atoms with Crippen molar-refractivity contribution in [3.63, 3.8) is 0 Å². The summed E-state index contributed by atoms with van der Waals surface area (Å²) in [7, 11) is -3.43. The van der Waals surface area contributed by atoms with Gasteiger partial charge in [0.1, 0.15) is 17.4 Å². The molecule has 0 spiro atoms. The molecule has 168 valence electrons. The standard InChI is InChI=1S/C22H22ClN3O4S2/c1-2-11-24-32(28,29)15-16-3-7-18(8-4-16)25-21(27)12-19-14-31-22(26-19)13-30-20-9-5-17(23)6-10-20/h2-10,14,24H,1,11-13,15H2,(H,25,27). The van der Waals surface area contributed by atoms with E-state index < -0.39 is 10.0 Å². The molecule has 0 fully saturated rings. The Labute approximate surface area is 196 Å². The molecule has 3 rings (SSSR count). The van der Waals surface area contributed by atoms with Gasteiger partial charge in [-0.15, -0.1) is 17.9 Å². The van der Waals surface area contributed by atoms with Crippen molar-refractivity contribution in [1.29, 1.82) is 0 Å². The summed E-state index contributed by atoms with van der Waals surface area (Å²) in [5.74, 6) is 0.333. The van der Waals surface area contributed by atoms with Crippen molar-refractivity contribution in [1.82, 2.24) is 9.71 Å². The summed E-state index contributed by atoms with van der Waals surface area (Å²) in [4.78, 5) is 16.8. The van der Waals surface area contributed by atoms with Crippen LogP contribution in [0.2, 0.25) is 5.02 Å². The Morgan fingerprint density at radius 2 is 1.88 bits per heavy atom. The molecule has 10 heteroatoms. The normalized spacial score (nSPS) is 11.2. The predicted molar refractivity (Wildman–Crippen MR) is 127 cm³/mol. The Kier molecular flexibility index (Phi) is 8.40. The van der Waals surface area contributed by atoms with E-state index in [-0.39, 0.29) is 24.6 Å². The van der Waals surface area contributed by atoms with Gasteiger partial charge in [0.2, 0.25) is 15.9 Å². The summed E-state index contributed by atoms with van der Waals surface area (Å²) in [5.41, 5.74) is 1.85. The smallest absolute Gasteiger partial charge is 0.230 e. The highest BCUT2D eigenvalue weighted by molar-refractivity contribution is 7.88. The van der Waals surface area contributed by atoms with Gasteiger partial charge in [-0.25, -0.2) is 18.1 Å². The third-order valence-corrected chi connectivity index (χ3v) is 6.60. The topological polar surface area (TPSA) is 97.4 Å². The average molecular weight is 492 g/mol. The molecular formula is C22H22ClN3O4S2. The molecule has 1 amide bonds. The first kappa shape index (κ1) is 23.9. The molecule has 1 aromatic heterocycles. The molecule has 0 radical (unpaired) electrons. The summed E-state index contributed by atoms with van der Waals surface area (Å²) < 4.78 is 31.9. The number of rotatable bonds is 11. The minimum absolute atomic E-state index is 0.124. The summed E-state index contributed by atoms with van der Waals surface area (Å²) >= 11 is 7.28. The second kappa shape index (κ2) is 11.2. The third-order valence-electron chi connectivity index (χ3n) is 4.16. The number of aromatic nitrogens is 1. The maximum Gasteiger partial charge on any atom is 0.230 e. The quantitative estimate of drug-likeness (QED) is 0.392. The van der Waals surface area contributed by atoms with Crippen molar-refractivity contribution in [2.24, 2.45) is 0 Å². The van der Waals surface area contributed by atoms with E-state index in [0.29, 0.717) is 34.3 Å². The molecule has 0 atom stereocenters. The number of benzene rings is 2. The number of anilines is 1. The Morgan fingerprint density at radius 3 is 2.56 bits per heavy atom. The molecule has 32 heavy (non-hydrogen) atoms. The number of carbonyl (C=O) groups is 1. The van der Waals surface area contributed by atoms with Crippen LogP contribution < -0.4 is 14.8 Å². The molecule has 0 saturated heterocycles. The molecule has 7 nitrogen and oxygen atoms in total. The lowest BCUT2D eigenvalue weighted by molar-refractivity contribution is -0.115. The number of sulfonamides is 1. The van der Waals surface area contributed by atoms with E-state index in [2.05, 4.69) is 21.6 Å². The summed E-state index contributed by atoms with van der Waals surface area (Å²) in [5, 5.41) is 6.02. The van der Waals surface area contributed by atoms with Crippen LogP contribution in [0.3, 0.4) is 0 Å².